The van der Waals surface area contributed by atoms with Crippen molar-refractivity contribution in [2.24, 2.45) is 5.10 Å². The number of methoxy groups -OCH3 is 1. The summed E-state index contributed by atoms with van der Waals surface area (Å²) in [6, 6.07) is 10.8. The van der Waals surface area contributed by atoms with Crippen LogP contribution in [0.4, 0.5) is 14.5 Å². The second kappa shape index (κ2) is 9.18. The van der Waals surface area contributed by atoms with Crippen molar-refractivity contribution in [3.05, 3.63) is 74.3 Å². The van der Waals surface area contributed by atoms with Gasteiger partial charge in [-0.05, 0) is 65.3 Å². The van der Waals surface area contributed by atoms with Gasteiger partial charge in [-0.2, -0.15) is 18.6 Å². The van der Waals surface area contributed by atoms with Gasteiger partial charge in [0.15, 0.2) is 11.5 Å². The third kappa shape index (κ3) is 5.41. The number of benzene rings is 2. The molecular weight excluding hydrogens is 456 g/mol. The van der Waals surface area contributed by atoms with Gasteiger partial charge in [0.25, 0.3) is 5.69 Å². The summed E-state index contributed by atoms with van der Waals surface area (Å²) < 4.78 is 38.3. The van der Waals surface area contributed by atoms with E-state index in [0.29, 0.717) is 21.7 Å². The van der Waals surface area contributed by atoms with E-state index in [1.54, 1.807) is 30.3 Å². The number of non-ortho nitro benzene ring substituents is 1. The number of nitrogens with zero attached hydrogens (tertiary/aromatic N) is 4. The highest BCUT2D eigenvalue weighted by molar-refractivity contribution is 7.71. The molecule has 0 aliphatic rings. The predicted octanol–water partition coefficient (Wildman–Crippen LogP) is 4.61. The van der Waals surface area contributed by atoms with Crippen LogP contribution < -0.4 is 9.47 Å². The lowest BCUT2D eigenvalue weighted by atomic mass is 10.2. The van der Waals surface area contributed by atoms with Crippen molar-refractivity contribution < 1.29 is 23.2 Å². The van der Waals surface area contributed by atoms with Gasteiger partial charge in [-0.1, -0.05) is 0 Å². The Kier molecular flexibility index (Phi) is 6.61. The summed E-state index contributed by atoms with van der Waals surface area (Å²) in [7, 11) is 1.44. The number of halogens is 3. The number of hydrogen-bond acceptors (Lipinski definition) is 7. The molecule has 0 aliphatic heterocycles. The van der Waals surface area contributed by atoms with Gasteiger partial charge in [-0.3, -0.25) is 10.1 Å². The Morgan fingerprint density at radius 1 is 1.32 bits per heavy atom. The van der Waals surface area contributed by atoms with Crippen LogP contribution in [0.2, 0.25) is 0 Å². The largest absolute Gasteiger partial charge is 0.493 e. The fraction of sp³-hybridized carbons (Fsp3) is 0.167. The Labute approximate surface area is 184 Å². The molecule has 1 aromatic heterocycles. The van der Waals surface area contributed by atoms with Crippen molar-refractivity contribution in [1.29, 1.82) is 0 Å². The Morgan fingerprint density at radius 2 is 2.03 bits per heavy atom. The average Bonchev–Trinajstić information content (AvgIpc) is 3.12. The topological polar surface area (TPSA) is 108 Å². The van der Waals surface area contributed by atoms with Crippen molar-refractivity contribution in [3.8, 4) is 11.5 Å². The number of nitro benzene ring substituents is 1. The number of aromatic nitrogens is 3. The molecule has 0 saturated heterocycles. The molecule has 0 fully saturated rings. The Balaban J connectivity index is 1.76. The lowest BCUT2D eigenvalue weighted by molar-refractivity contribution is -0.384. The summed E-state index contributed by atoms with van der Waals surface area (Å²) in [4.78, 5) is 10.2. The van der Waals surface area contributed by atoms with Crippen molar-refractivity contribution in [2.75, 3.05) is 7.11 Å². The summed E-state index contributed by atoms with van der Waals surface area (Å²) in [6.07, 6.45) is 1.28. The van der Waals surface area contributed by atoms with Gasteiger partial charge in [-0.15, -0.1) is 5.10 Å². The van der Waals surface area contributed by atoms with Crippen LogP contribution in [0.25, 0.3) is 0 Å². The molecule has 162 valence electrons. The fourth-order valence-electron chi connectivity index (χ4n) is 2.47. The SMILES string of the molecule is COc1cc(/C=N\n2c(C(F)(F)Cl)n[nH]c2=S)ccc1OCc1ccc([N+](=O)[O-])cc1. The first-order chi connectivity index (χ1) is 14.7. The second-order valence-electron chi connectivity index (χ2n) is 6.03. The quantitative estimate of drug-likeness (QED) is 0.170. The van der Waals surface area contributed by atoms with Gasteiger partial charge >= 0.3 is 5.38 Å². The van der Waals surface area contributed by atoms with Gasteiger partial charge in [0.05, 0.1) is 18.2 Å². The molecule has 13 heteroatoms. The van der Waals surface area contributed by atoms with Crippen molar-refractivity contribution in [1.82, 2.24) is 14.9 Å². The zero-order valence-corrected chi connectivity index (χ0v) is 17.4. The van der Waals surface area contributed by atoms with Crippen LogP contribution in [0.15, 0.2) is 47.6 Å². The van der Waals surface area contributed by atoms with E-state index in [4.69, 9.17) is 33.3 Å². The van der Waals surface area contributed by atoms with Gasteiger partial charge in [0.1, 0.15) is 6.61 Å². The van der Waals surface area contributed by atoms with E-state index in [1.165, 1.54) is 25.5 Å². The molecule has 0 radical (unpaired) electrons. The highest BCUT2D eigenvalue weighted by Gasteiger charge is 2.35. The maximum absolute atomic E-state index is 13.4. The van der Waals surface area contributed by atoms with Gasteiger partial charge in [0, 0.05) is 12.1 Å². The molecule has 31 heavy (non-hydrogen) atoms. The van der Waals surface area contributed by atoms with Crippen LogP contribution in [0.5, 0.6) is 11.5 Å². The lowest BCUT2D eigenvalue weighted by Gasteiger charge is -2.11. The first-order valence-corrected chi connectivity index (χ1v) is 9.31. The molecule has 0 bridgehead atoms. The number of aromatic amines is 1. The average molecular weight is 470 g/mol. The van der Waals surface area contributed by atoms with Crippen LogP contribution in [0.1, 0.15) is 17.0 Å². The maximum Gasteiger partial charge on any atom is 0.383 e. The van der Waals surface area contributed by atoms with Gasteiger partial charge in [0.2, 0.25) is 10.6 Å². The number of nitro groups is 1. The van der Waals surface area contributed by atoms with Gasteiger partial charge in [-0.25, -0.2) is 5.10 Å². The van der Waals surface area contributed by atoms with E-state index in [2.05, 4.69) is 15.3 Å². The van der Waals surface area contributed by atoms with E-state index >= 15 is 0 Å². The third-order valence-electron chi connectivity index (χ3n) is 3.96. The van der Waals surface area contributed by atoms with Crippen LogP contribution in [0, 0.1) is 14.9 Å². The van der Waals surface area contributed by atoms with Crippen LogP contribution in [-0.2, 0) is 12.0 Å². The number of ether oxygens (including phenoxy) is 2. The molecule has 0 aliphatic carbocycles. The number of rotatable bonds is 8. The van der Waals surface area contributed by atoms with E-state index in [0.717, 1.165) is 5.56 Å². The molecule has 3 aromatic rings. The minimum Gasteiger partial charge on any atom is -0.493 e. The van der Waals surface area contributed by atoms with Crippen LogP contribution >= 0.6 is 23.8 Å². The molecule has 9 nitrogen and oxygen atoms in total. The predicted molar refractivity (Wildman–Crippen MR) is 111 cm³/mol. The zero-order valence-electron chi connectivity index (χ0n) is 15.8. The summed E-state index contributed by atoms with van der Waals surface area (Å²) in [6.45, 7) is 0.153. The maximum atomic E-state index is 13.4. The fourth-order valence-corrected chi connectivity index (χ4v) is 2.77. The zero-order chi connectivity index (χ0) is 22.6. The lowest BCUT2D eigenvalue weighted by Crippen LogP contribution is -2.11. The molecular formula is C18H14ClF2N5O4S. The molecule has 1 heterocycles. The molecule has 0 amide bonds. The molecule has 2 aromatic carbocycles. The number of hydrogen-bond donors (Lipinski definition) is 1. The van der Waals surface area contributed by atoms with E-state index in [1.807, 2.05) is 0 Å². The minimum atomic E-state index is -3.75. The minimum absolute atomic E-state index is 0.0159. The second-order valence-corrected chi connectivity index (χ2v) is 6.89. The summed E-state index contributed by atoms with van der Waals surface area (Å²) in [5.74, 6) is -0.0686. The monoisotopic (exact) mass is 469 g/mol. The molecule has 0 unspecified atom stereocenters. The van der Waals surface area contributed by atoms with E-state index in [-0.39, 0.29) is 17.1 Å². The Hall–Kier alpha value is -3.38. The highest BCUT2D eigenvalue weighted by Crippen LogP contribution is 2.31. The summed E-state index contributed by atoms with van der Waals surface area (Å²) >= 11 is 9.90. The molecule has 0 spiro atoms. The normalized spacial score (nSPS) is 11.6. The van der Waals surface area contributed by atoms with Crippen molar-refractivity contribution in [3.63, 3.8) is 0 Å². The van der Waals surface area contributed by atoms with E-state index in [9.17, 15) is 18.9 Å². The highest BCUT2D eigenvalue weighted by atomic mass is 35.5. The molecule has 0 saturated carbocycles. The Bertz CT molecular complexity index is 1170. The van der Waals surface area contributed by atoms with Crippen LogP contribution in [0.3, 0.4) is 0 Å². The van der Waals surface area contributed by atoms with Crippen molar-refractivity contribution in [2.45, 2.75) is 12.0 Å². The number of alkyl halides is 3. The first kappa shape index (κ1) is 22.3. The van der Waals surface area contributed by atoms with Crippen LogP contribution in [-0.4, -0.2) is 33.1 Å². The Morgan fingerprint density at radius 3 is 2.65 bits per heavy atom. The molecule has 3 rings (SSSR count). The summed E-state index contributed by atoms with van der Waals surface area (Å²) in [5, 5.41) is 16.5. The van der Waals surface area contributed by atoms with Crippen molar-refractivity contribution >= 4 is 35.7 Å². The van der Waals surface area contributed by atoms with Gasteiger partial charge < -0.3 is 9.47 Å². The smallest absolute Gasteiger partial charge is 0.383 e. The third-order valence-corrected chi connectivity index (χ3v) is 4.39. The summed E-state index contributed by atoms with van der Waals surface area (Å²) in [5.41, 5.74) is 1.21. The molecule has 0 atom stereocenters. The first-order valence-electron chi connectivity index (χ1n) is 8.52. The van der Waals surface area contributed by atoms with E-state index < -0.39 is 16.1 Å². The standard InChI is InChI=1S/C18H14ClF2N5O4S/c1-29-15-8-12(9-22-25-16(18(19,20)21)23-24-17(25)31)4-7-14(15)30-10-11-2-5-13(6-3-11)26(27)28/h2-9H,10H2,1H3,(H,24,31)/b22-9-. The number of nitrogens with one attached hydrogen (secondary N) is 1. The molecule has 1 N–H and O–H groups in total. The number of H-pyrrole nitrogens is 1.